The van der Waals surface area contributed by atoms with Gasteiger partial charge in [0.15, 0.2) is 0 Å². The van der Waals surface area contributed by atoms with Gasteiger partial charge in [-0.3, -0.25) is 14.4 Å². The van der Waals surface area contributed by atoms with Crippen LogP contribution in [-0.2, 0) is 16.0 Å². The van der Waals surface area contributed by atoms with E-state index in [0.717, 1.165) is 35.9 Å². The quantitative estimate of drug-likeness (QED) is 0.505. The van der Waals surface area contributed by atoms with E-state index < -0.39 is 11.9 Å². The molecule has 4 N–H and O–H groups in total. The number of halogens is 1. The number of hydrogen-bond acceptors (Lipinski definition) is 3. The summed E-state index contributed by atoms with van der Waals surface area (Å²) in [5, 5.41) is 10.2. The number of aromatic amines is 1. The predicted molar refractivity (Wildman–Crippen MR) is 118 cm³/mol. The van der Waals surface area contributed by atoms with Gasteiger partial charge in [-0.25, -0.2) is 0 Å². The molecule has 1 unspecified atom stereocenters. The van der Waals surface area contributed by atoms with E-state index in [1.807, 2.05) is 18.2 Å². The number of H-pyrrole nitrogens is 1. The highest BCUT2D eigenvalue weighted by Gasteiger charge is 2.31. The topological polar surface area (TPSA) is 103 Å². The molecule has 2 aromatic carbocycles. The summed E-state index contributed by atoms with van der Waals surface area (Å²) in [6.45, 7) is 0. The minimum absolute atomic E-state index is 0.140. The SMILES string of the molecule is O=C(C[C@@H]1NC(=O)c2ccccc2NC1=O)NC1CCCc2c1[nH]c1c(Cl)cccc21. The van der Waals surface area contributed by atoms with Crippen molar-refractivity contribution < 1.29 is 14.4 Å². The summed E-state index contributed by atoms with van der Waals surface area (Å²) in [5.41, 5.74) is 3.84. The minimum atomic E-state index is -0.944. The molecule has 0 spiro atoms. The second kappa shape index (κ2) is 7.74. The molecule has 31 heavy (non-hydrogen) atoms. The lowest BCUT2D eigenvalue weighted by atomic mass is 9.91. The van der Waals surface area contributed by atoms with E-state index in [0.29, 0.717) is 16.3 Å². The first-order valence-electron chi connectivity index (χ1n) is 10.3. The normalized spacial score (nSPS) is 20.3. The molecule has 1 aliphatic carbocycles. The Morgan fingerprint density at radius 2 is 1.97 bits per heavy atom. The molecule has 8 heteroatoms. The molecular weight excluding hydrogens is 416 g/mol. The molecule has 0 saturated carbocycles. The summed E-state index contributed by atoms with van der Waals surface area (Å²) in [7, 11) is 0. The zero-order valence-electron chi connectivity index (χ0n) is 16.6. The first-order chi connectivity index (χ1) is 15.0. The number of carbonyl (C=O) groups excluding carboxylic acids is 3. The third kappa shape index (κ3) is 3.55. The fourth-order valence-corrected chi connectivity index (χ4v) is 4.71. The molecule has 158 valence electrons. The van der Waals surface area contributed by atoms with Crippen LogP contribution >= 0.6 is 11.6 Å². The Kier molecular flexibility index (Phi) is 4.90. The highest BCUT2D eigenvalue weighted by Crippen LogP contribution is 2.37. The van der Waals surface area contributed by atoms with Crippen LogP contribution in [0.4, 0.5) is 5.69 Å². The first-order valence-corrected chi connectivity index (χ1v) is 10.7. The van der Waals surface area contributed by atoms with E-state index in [2.05, 4.69) is 20.9 Å². The molecular formula is C23H21ClN4O3. The minimum Gasteiger partial charge on any atom is -0.355 e. The Balaban J connectivity index is 1.33. The summed E-state index contributed by atoms with van der Waals surface area (Å²) >= 11 is 6.34. The number of aryl methyl sites for hydroxylation is 1. The third-order valence-corrected chi connectivity index (χ3v) is 6.28. The highest BCUT2D eigenvalue weighted by molar-refractivity contribution is 6.35. The van der Waals surface area contributed by atoms with E-state index in [1.54, 1.807) is 24.3 Å². The zero-order chi connectivity index (χ0) is 21.5. The molecule has 5 rings (SSSR count). The fraction of sp³-hybridized carbons (Fsp3) is 0.261. The maximum Gasteiger partial charge on any atom is 0.254 e. The highest BCUT2D eigenvalue weighted by atomic mass is 35.5. The number of para-hydroxylation sites is 2. The number of fused-ring (bicyclic) bond motifs is 4. The van der Waals surface area contributed by atoms with Gasteiger partial charge in [-0.05, 0) is 43.0 Å². The molecule has 0 fully saturated rings. The van der Waals surface area contributed by atoms with Crippen LogP contribution in [0.3, 0.4) is 0 Å². The number of rotatable bonds is 3. The van der Waals surface area contributed by atoms with Crippen LogP contribution in [0, 0.1) is 0 Å². The number of nitrogens with one attached hydrogen (secondary N) is 4. The molecule has 0 radical (unpaired) electrons. The van der Waals surface area contributed by atoms with Crippen LogP contribution in [-0.4, -0.2) is 28.7 Å². The van der Waals surface area contributed by atoms with Crippen LogP contribution < -0.4 is 16.0 Å². The monoisotopic (exact) mass is 436 g/mol. The Hall–Kier alpha value is -3.32. The number of anilines is 1. The van der Waals surface area contributed by atoms with Crippen molar-refractivity contribution in [1.82, 2.24) is 15.6 Å². The second-order valence-corrected chi connectivity index (χ2v) is 8.36. The maximum atomic E-state index is 12.8. The lowest BCUT2D eigenvalue weighted by molar-refractivity contribution is -0.126. The third-order valence-electron chi connectivity index (χ3n) is 5.97. The summed E-state index contributed by atoms with van der Waals surface area (Å²) < 4.78 is 0. The Morgan fingerprint density at radius 1 is 1.13 bits per heavy atom. The molecule has 1 aliphatic heterocycles. The fourth-order valence-electron chi connectivity index (χ4n) is 4.49. The van der Waals surface area contributed by atoms with E-state index in [-0.39, 0.29) is 24.3 Å². The Labute approximate surface area is 183 Å². The second-order valence-electron chi connectivity index (χ2n) is 7.96. The van der Waals surface area contributed by atoms with Gasteiger partial charge in [0.05, 0.1) is 34.3 Å². The summed E-state index contributed by atoms with van der Waals surface area (Å²) in [5.74, 6) is -1.08. The van der Waals surface area contributed by atoms with Gasteiger partial charge in [0.1, 0.15) is 6.04 Å². The standard InChI is InChI=1S/C23H21ClN4O3/c24-15-8-3-6-12-13-7-4-10-17(21(13)28-20(12)15)25-19(29)11-18-23(31)26-16-9-2-1-5-14(16)22(30)27-18/h1-3,5-6,8-9,17-18,28H,4,7,10-11H2,(H,25,29)(H,26,31)(H,27,30)/t17?,18-/m0/s1. The van der Waals surface area contributed by atoms with Gasteiger partial charge in [0.2, 0.25) is 11.8 Å². The summed E-state index contributed by atoms with van der Waals surface area (Å²) in [6.07, 6.45) is 2.50. The molecule has 2 heterocycles. The van der Waals surface area contributed by atoms with Crippen LogP contribution in [0.15, 0.2) is 42.5 Å². The molecule has 3 amide bonds. The van der Waals surface area contributed by atoms with E-state index >= 15 is 0 Å². The van der Waals surface area contributed by atoms with Crippen LogP contribution in [0.5, 0.6) is 0 Å². The van der Waals surface area contributed by atoms with Crippen molar-refractivity contribution in [3.05, 3.63) is 64.3 Å². The Morgan fingerprint density at radius 3 is 2.84 bits per heavy atom. The Bertz CT molecular complexity index is 1220. The average Bonchev–Trinajstić information content (AvgIpc) is 3.09. The van der Waals surface area contributed by atoms with Crippen molar-refractivity contribution in [3.63, 3.8) is 0 Å². The average molecular weight is 437 g/mol. The van der Waals surface area contributed by atoms with Gasteiger partial charge in [-0.15, -0.1) is 0 Å². The van der Waals surface area contributed by atoms with Gasteiger partial charge in [0, 0.05) is 11.1 Å². The van der Waals surface area contributed by atoms with E-state index in [9.17, 15) is 14.4 Å². The first kappa shape index (κ1) is 19.6. The van der Waals surface area contributed by atoms with Crippen molar-refractivity contribution in [2.45, 2.75) is 37.8 Å². The van der Waals surface area contributed by atoms with E-state index in [1.165, 1.54) is 5.56 Å². The molecule has 2 aliphatic rings. The van der Waals surface area contributed by atoms with Gasteiger partial charge in [-0.2, -0.15) is 0 Å². The lowest BCUT2D eigenvalue weighted by Crippen LogP contribution is -2.45. The number of hydrogen-bond donors (Lipinski definition) is 4. The van der Waals surface area contributed by atoms with Crippen LogP contribution in [0.2, 0.25) is 5.02 Å². The number of benzene rings is 2. The van der Waals surface area contributed by atoms with Crippen molar-refractivity contribution >= 4 is 45.9 Å². The zero-order valence-corrected chi connectivity index (χ0v) is 17.4. The molecule has 3 aromatic rings. The molecule has 0 saturated heterocycles. The van der Waals surface area contributed by atoms with Crippen molar-refractivity contribution in [1.29, 1.82) is 0 Å². The number of amides is 3. The molecule has 1 aromatic heterocycles. The number of aromatic nitrogens is 1. The van der Waals surface area contributed by atoms with E-state index in [4.69, 9.17) is 11.6 Å². The number of carbonyl (C=O) groups is 3. The predicted octanol–water partition coefficient (Wildman–Crippen LogP) is 3.46. The van der Waals surface area contributed by atoms with Gasteiger partial charge >= 0.3 is 0 Å². The molecule has 2 atom stereocenters. The van der Waals surface area contributed by atoms with Crippen molar-refractivity contribution in [2.75, 3.05) is 5.32 Å². The van der Waals surface area contributed by atoms with Gasteiger partial charge in [0.25, 0.3) is 5.91 Å². The summed E-state index contributed by atoms with van der Waals surface area (Å²) in [6, 6.07) is 11.4. The maximum absolute atomic E-state index is 12.8. The van der Waals surface area contributed by atoms with Gasteiger partial charge < -0.3 is 20.9 Å². The smallest absolute Gasteiger partial charge is 0.254 e. The summed E-state index contributed by atoms with van der Waals surface area (Å²) in [4.78, 5) is 41.3. The molecule has 0 bridgehead atoms. The lowest BCUT2D eigenvalue weighted by Gasteiger charge is -2.24. The van der Waals surface area contributed by atoms with Crippen molar-refractivity contribution in [2.24, 2.45) is 0 Å². The van der Waals surface area contributed by atoms with Gasteiger partial charge in [-0.1, -0.05) is 35.9 Å². The van der Waals surface area contributed by atoms with Crippen molar-refractivity contribution in [3.8, 4) is 0 Å². The van der Waals surface area contributed by atoms with Crippen LogP contribution in [0.25, 0.3) is 10.9 Å². The molecule has 7 nitrogen and oxygen atoms in total. The van der Waals surface area contributed by atoms with Crippen LogP contribution in [0.1, 0.15) is 46.9 Å². The largest absolute Gasteiger partial charge is 0.355 e.